The molecule has 1 aliphatic heterocycles. The molecule has 27 heavy (non-hydrogen) atoms. The number of ether oxygens (including phenoxy) is 1. The highest BCUT2D eigenvalue weighted by atomic mass is 16.5. The van der Waals surface area contributed by atoms with Crippen LogP contribution < -0.4 is 9.64 Å². The molecule has 0 spiro atoms. The van der Waals surface area contributed by atoms with Crippen LogP contribution in [-0.4, -0.2) is 60.4 Å². The Morgan fingerprint density at radius 2 is 1.89 bits per heavy atom. The van der Waals surface area contributed by atoms with E-state index in [1.54, 1.807) is 0 Å². The minimum absolute atomic E-state index is 0.320. The number of hydrogen-bond acceptors (Lipinski definition) is 5. The van der Waals surface area contributed by atoms with Gasteiger partial charge in [0, 0.05) is 38.9 Å². The van der Waals surface area contributed by atoms with Gasteiger partial charge in [0.1, 0.15) is 24.3 Å². The van der Waals surface area contributed by atoms with E-state index in [-0.39, 0.29) is 0 Å². The molecule has 1 atom stereocenters. The van der Waals surface area contributed by atoms with E-state index in [0.717, 1.165) is 37.7 Å². The highest BCUT2D eigenvalue weighted by Gasteiger charge is 2.20. The summed E-state index contributed by atoms with van der Waals surface area (Å²) in [6.07, 6.45) is 1.34. The summed E-state index contributed by atoms with van der Waals surface area (Å²) in [5.74, 6) is 2.37. The van der Waals surface area contributed by atoms with Crippen LogP contribution in [0, 0.1) is 6.92 Å². The summed E-state index contributed by atoms with van der Waals surface area (Å²) in [6, 6.07) is 12.2. The number of aliphatic hydroxyl groups excluding tert-OH is 1. The van der Waals surface area contributed by atoms with Crippen molar-refractivity contribution in [1.82, 2.24) is 9.88 Å². The molecular weight excluding hydrogens is 338 g/mol. The second-order valence-corrected chi connectivity index (χ2v) is 7.61. The predicted octanol–water partition coefficient (Wildman–Crippen LogP) is 3.08. The van der Waals surface area contributed by atoms with Gasteiger partial charge in [0.05, 0.1) is 0 Å². The van der Waals surface area contributed by atoms with Crippen LogP contribution in [0.2, 0.25) is 0 Å². The summed E-state index contributed by atoms with van der Waals surface area (Å²) in [6.45, 7) is 11.2. The Morgan fingerprint density at radius 1 is 1.11 bits per heavy atom. The van der Waals surface area contributed by atoms with Gasteiger partial charge in [-0.1, -0.05) is 26.0 Å². The molecule has 0 radical (unpaired) electrons. The van der Waals surface area contributed by atoms with Gasteiger partial charge in [-0.3, -0.25) is 4.90 Å². The number of benzene rings is 1. The monoisotopic (exact) mass is 369 g/mol. The van der Waals surface area contributed by atoms with Crippen LogP contribution >= 0.6 is 0 Å². The molecule has 0 saturated carbocycles. The average Bonchev–Trinajstić information content (AvgIpc) is 2.67. The van der Waals surface area contributed by atoms with Crippen LogP contribution in [0.4, 0.5) is 5.82 Å². The Labute approximate surface area is 162 Å². The van der Waals surface area contributed by atoms with E-state index in [4.69, 9.17) is 4.74 Å². The van der Waals surface area contributed by atoms with Gasteiger partial charge >= 0.3 is 0 Å². The number of β-amino-alcohol motifs (C(OH)–C–C–N with tert-alkyl or cyclic N) is 1. The first-order valence-corrected chi connectivity index (χ1v) is 9.82. The number of hydrogen-bond donors (Lipinski definition) is 1. The Bertz CT molecular complexity index is 713. The van der Waals surface area contributed by atoms with Gasteiger partial charge in [0.25, 0.3) is 0 Å². The molecule has 146 valence electrons. The third kappa shape index (κ3) is 5.44. The van der Waals surface area contributed by atoms with Crippen molar-refractivity contribution >= 4 is 5.82 Å². The van der Waals surface area contributed by atoms with Crippen LogP contribution in [0.3, 0.4) is 0 Å². The third-order valence-corrected chi connectivity index (χ3v) is 5.12. The average molecular weight is 370 g/mol. The number of aliphatic hydroxyl groups is 1. The summed E-state index contributed by atoms with van der Waals surface area (Å²) in [7, 11) is 0. The van der Waals surface area contributed by atoms with Crippen LogP contribution in [0.1, 0.15) is 30.9 Å². The number of rotatable bonds is 7. The number of pyridine rings is 1. The topological polar surface area (TPSA) is 48.8 Å². The second-order valence-electron chi connectivity index (χ2n) is 7.61. The second kappa shape index (κ2) is 9.20. The molecule has 0 bridgehead atoms. The van der Waals surface area contributed by atoms with E-state index in [2.05, 4.69) is 47.7 Å². The molecule has 3 rings (SSSR count). The Balaban J connectivity index is 1.42. The third-order valence-electron chi connectivity index (χ3n) is 5.12. The number of aryl methyl sites for hydroxylation is 1. The van der Waals surface area contributed by atoms with E-state index in [0.29, 0.717) is 19.1 Å². The minimum Gasteiger partial charge on any atom is -0.491 e. The normalized spacial score (nSPS) is 16.6. The highest BCUT2D eigenvalue weighted by molar-refractivity contribution is 5.38. The van der Waals surface area contributed by atoms with E-state index in [1.165, 1.54) is 11.1 Å². The van der Waals surface area contributed by atoms with Crippen molar-refractivity contribution in [3.8, 4) is 5.75 Å². The summed E-state index contributed by atoms with van der Waals surface area (Å²) in [5, 5.41) is 10.4. The lowest BCUT2D eigenvalue weighted by Gasteiger charge is -2.36. The molecule has 5 nitrogen and oxygen atoms in total. The number of anilines is 1. The minimum atomic E-state index is -0.489. The summed E-state index contributed by atoms with van der Waals surface area (Å²) in [4.78, 5) is 9.00. The van der Waals surface area contributed by atoms with Gasteiger partial charge < -0.3 is 14.7 Å². The lowest BCUT2D eigenvalue weighted by atomic mass is 9.98. The van der Waals surface area contributed by atoms with Crippen molar-refractivity contribution < 1.29 is 9.84 Å². The van der Waals surface area contributed by atoms with Crippen LogP contribution in [0.15, 0.2) is 42.6 Å². The van der Waals surface area contributed by atoms with Crippen LogP contribution in [0.25, 0.3) is 0 Å². The standard InChI is InChI=1S/C22H31N3O2/c1-17(2)21-8-7-20(14-18(21)3)27-16-19(26)15-24-10-12-25(13-11-24)22-6-4-5-9-23-22/h4-9,14,17,19,26H,10-13,15-16H2,1-3H3. The van der Waals surface area contributed by atoms with Crippen molar-refractivity contribution in [2.75, 3.05) is 44.2 Å². The quantitative estimate of drug-likeness (QED) is 0.813. The number of aromatic nitrogens is 1. The molecule has 1 aromatic heterocycles. The molecule has 2 aromatic rings. The molecule has 1 aliphatic rings. The lowest BCUT2D eigenvalue weighted by Crippen LogP contribution is -2.49. The molecule has 5 heteroatoms. The van der Waals surface area contributed by atoms with Gasteiger partial charge in [0.15, 0.2) is 0 Å². The fourth-order valence-electron chi connectivity index (χ4n) is 3.63. The fraction of sp³-hybridized carbons (Fsp3) is 0.500. The van der Waals surface area contributed by atoms with Crippen molar-refractivity contribution in [3.63, 3.8) is 0 Å². The van der Waals surface area contributed by atoms with Crippen molar-refractivity contribution in [1.29, 1.82) is 0 Å². The first kappa shape index (κ1) is 19.6. The summed E-state index contributed by atoms with van der Waals surface area (Å²) < 4.78 is 5.82. The molecule has 1 saturated heterocycles. The molecule has 1 aromatic carbocycles. The van der Waals surface area contributed by atoms with Crippen LogP contribution in [-0.2, 0) is 0 Å². The lowest BCUT2D eigenvalue weighted by molar-refractivity contribution is 0.0662. The van der Waals surface area contributed by atoms with E-state index < -0.39 is 6.10 Å². The van der Waals surface area contributed by atoms with Crippen molar-refractivity contribution in [2.45, 2.75) is 32.8 Å². The molecule has 0 amide bonds. The molecule has 1 unspecified atom stereocenters. The largest absolute Gasteiger partial charge is 0.491 e. The van der Waals surface area contributed by atoms with Gasteiger partial charge in [-0.05, 0) is 48.2 Å². The number of piperazine rings is 1. The predicted molar refractivity (Wildman–Crippen MR) is 110 cm³/mol. The van der Waals surface area contributed by atoms with E-state index >= 15 is 0 Å². The first-order chi connectivity index (χ1) is 13.0. The van der Waals surface area contributed by atoms with Gasteiger partial charge in [0.2, 0.25) is 0 Å². The van der Waals surface area contributed by atoms with Crippen molar-refractivity contribution in [3.05, 3.63) is 53.7 Å². The van der Waals surface area contributed by atoms with E-state index in [1.807, 2.05) is 30.5 Å². The molecule has 2 heterocycles. The molecule has 0 aliphatic carbocycles. The SMILES string of the molecule is Cc1cc(OCC(O)CN2CCN(c3ccccn3)CC2)ccc1C(C)C. The summed E-state index contributed by atoms with van der Waals surface area (Å²) in [5.41, 5.74) is 2.58. The van der Waals surface area contributed by atoms with E-state index in [9.17, 15) is 5.11 Å². The molecule has 1 fully saturated rings. The van der Waals surface area contributed by atoms with Gasteiger partial charge in [-0.25, -0.2) is 4.98 Å². The smallest absolute Gasteiger partial charge is 0.128 e. The summed E-state index contributed by atoms with van der Waals surface area (Å²) >= 11 is 0. The number of nitrogens with zero attached hydrogens (tertiary/aromatic N) is 3. The first-order valence-electron chi connectivity index (χ1n) is 9.82. The van der Waals surface area contributed by atoms with Crippen molar-refractivity contribution in [2.24, 2.45) is 0 Å². The molecular formula is C22H31N3O2. The highest BCUT2D eigenvalue weighted by Crippen LogP contribution is 2.23. The molecule has 1 N–H and O–H groups in total. The van der Waals surface area contributed by atoms with Crippen LogP contribution in [0.5, 0.6) is 5.75 Å². The Kier molecular flexibility index (Phi) is 6.69. The zero-order chi connectivity index (χ0) is 19.2. The maximum absolute atomic E-state index is 10.4. The maximum Gasteiger partial charge on any atom is 0.128 e. The van der Waals surface area contributed by atoms with Gasteiger partial charge in [-0.15, -0.1) is 0 Å². The zero-order valence-corrected chi connectivity index (χ0v) is 16.6. The zero-order valence-electron chi connectivity index (χ0n) is 16.6. The maximum atomic E-state index is 10.4. The Hall–Kier alpha value is -2.11. The Morgan fingerprint density at radius 3 is 2.52 bits per heavy atom. The van der Waals surface area contributed by atoms with Gasteiger partial charge in [-0.2, -0.15) is 0 Å². The fourth-order valence-corrected chi connectivity index (χ4v) is 3.63.